The first-order valence-corrected chi connectivity index (χ1v) is 7.46. The molecule has 5 nitrogen and oxygen atoms in total. The zero-order chi connectivity index (χ0) is 17.1. The number of pyridine rings is 1. The minimum atomic E-state index is -0.731. The van der Waals surface area contributed by atoms with Gasteiger partial charge in [0.15, 0.2) is 5.82 Å². The lowest BCUT2D eigenvalue weighted by Gasteiger charge is -2.21. The van der Waals surface area contributed by atoms with E-state index < -0.39 is 17.2 Å². The highest BCUT2D eigenvalue weighted by Crippen LogP contribution is 2.21. The molecule has 0 aliphatic heterocycles. The van der Waals surface area contributed by atoms with Gasteiger partial charge in [0.2, 0.25) is 5.43 Å². The maximum atomic E-state index is 13.9. The molecule has 2 rings (SSSR count). The van der Waals surface area contributed by atoms with E-state index in [-0.39, 0.29) is 34.0 Å². The lowest BCUT2D eigenvalue weighted by molar-refractivity contribution is 0.0751. The van der Waals surface area contributed by atoms with E-state index in [1.165, 1.54) is 23.2 Å². The number of hydrogen-bond donors (Lipinski definition) is 1. The number of fused-ring (bicyclic) bond motifs is 1. The summed E-state index contributed by atoms with van der Waals surface area (Å²) >= 11 is 5.69. The van der Waals surface area contributed by atoms with Crippen LogP contribution in [0.3, 0.4) is 0 Å². The van der Waals surface area contributed by atoms with Gasteiger partial charge in [0, 0.05) is 24.7 Å². The number of aromatic amines is 1. The van der Waals surface area contributed by atoms with Crippen LogP contribution in [0, 0.1) is 23.1 Å². The molecule has 1 atom stereocenters. The number of carbonyl (C=O) groups excluding carboxylic acids is 1. The molecule has 1 aromatic carbocycles. The normalized spacial score (nSPS) is 12.0. The molecule has 0 bridgehead atoms. The third-order valence-electron chi connectivity index (χ3n) is 3.56. The molecular weight excluding hydrogens is 321 g/mol. The van der Waals surface area contributed by atoms with Crippen LogP contribution in [-0.4, -0.2) is 28.9 Å². The number of nitrogens with zero attached hydrogens (tertiary/aromatic N) is 2. The van der Waals surface area contributed by atoms with Crippen LogP contribution in [0.2, 0.25) is 5.02 Å². The van der Waals surface area contributed by atoms with Crippen molar-refractivity contribution in [3.8, 4) is 6.07 Å². The lowest BCUT2D eigenvalue weighted by atomic mass is 10.1. The second-order valence-electron chi connectivity index (χ2n) is 5.19. The predicted octanol–water partition coefficient (Wildman–Crippen LogP) is 2.94. The van der Waals surface area contributed by atoms with Crippen molar-refractivity contribution in [2.75, 3.05) is 13.1 Å². The monoisotopic (exact) mass is 335 g/mol. The maximum absolute atomic E-state index is 13.9. The highest BCUT2D eigenvalue weighted by atomic mass is 35.5. The number of hydrogen-bond acceptors (Lipinski definition) is 3. The van der Waals surface area contributed by atoms with E-state index in [0.29, 0.717) is 6.54 Å². The fourth-order valence-electron chi connectivity index (χ4n) is 2.29. The van der Waals surface area contributed by atoms with Gasteiger partial charge in [-0.15, -0.1) is 0 Å². The van der Waals surface area contributed by atoms with Gasteiger partial charge < -0.3 is 9.88 Å². The first-order chi connectivity index (χ1) is 10.9. The molecule has 1 amide bonds. The predicted molar refractivity (Wildman–Crippen MR) is 85.9 cm³/mol. The van der Waals surface area contributed by atoms with Crippen LogP contribution in [0.15, 0.2) is 23.1 Å². The molecule has 1 N–H and O–H groups in total. The minimum absolute atomic E-state index is 0.0347. The Morgan fingerprint density at radius 2 is 2.22 bits per heavy atom. The summed E-state index contributed by atoms with van der Waals surface area (Å²) in [5.74, 6) is -1.58. The summed E-state index contributed by atoms with van der Waals surface area (Å²) in [5.41, 5.74) is -0.693. The number of halogens is 2. The van der Waals surface area contributed by atoms with Crippen molar-refractivity contribution in [1.82, 2.24) is 9.88 Å². The van der Waals surface area contributed by atoms with Gasteiger partial charge in [-0.25, -0.2) is 4.39 Å². The van der Waals surface area contributed by atoms with Crippen molar-refractivity contribution in [2.45, 2.75) is 13.8 Å². The van der Waals surface area contributed by atoms with E-state index in [2.05, 4.69) is 4.98 Å². The van der Waals surface area contributed by atoms with Crippen LogP contribution in [0.5, 0.6) is 0 Å². The molecule has 0 aliphatic rings. The molecule has 0 saturated heterocycles. The van der Waals surface area contributed by atoms with E-state index in [1.807, 2.05) is 6.07 Å². The van der Waals surface area contributed by atoms with Crippen molar-refractivity contribution in [3.05, 3.63) is 45.0 Å². The van der Waals surface area contributed by atoms with Crippen molar-refractivity contribution in [2.24, 2.45) is 5.92 Å². The molecule has 0 spiro atoms. The number of nitrogens with one attached hydrogen (secondary N) is 1. The van der Waals surface area contributed by atoms with Crippen LogP contribution in [0.1, 0.15) is 24.2 Å². The van der Waals surface area contributed by atoms with Gasteiger partial charge in [0.05, 0.1) is 22.5 Å². The molecule has 7 heteroatoms. The van der Waals surface area contributed by atoms with Gasteiger partial charge in [0.1, 0.15) is 5.56 Å². The third-order valence-corrected chi connectivity index (χ3v) is 3.85. The summed E-state index contributed by atoms with van der Waals surface area (Å²) in [6, 6.07) is 4.71. The van der Waals surface area contributed by atoms with Crippen LogP contribution in [0.4, 0.5) is 4.39 Å². The zero-order valence-electron chi connectivity index (χ0n) is 12.7. The number of carbonyl (C=O) groups is 1. The van der Waals surface area contributed by atoms with E-state index >= 15 is 0 Å². The molecular formula is C16H15ClFN3O2. The molecule has 0 saturated carbocycles. The van der Waals surface area contributed by atoms with Crippen molar-refractivity contribution < 1.29 is 9.18 Å². The largest absolute Gasteiger partial charge is 0.358 e. The number of amides is 1. The molecule has 2 aromatic rings. The molecule has 0 radical (unpaired) electrons. The summed E-state index contributed by atoms with van der Waals surface area (Å²) in [7, 11) is 0. The van der Waals surface area contributed by atoms with Gasteiger partial charge in [-0.1, -0.05) is 11.6 Å². The van der Waals surface area contributed by atoms with Gasteiger partial charge in [-0.3, -0.25) is 9.59 Å². The van der Waals surface area contributed by atoms with E-state index in [0.717, 1.165) is 0 Å². The smallest absolute Gasteiger partial charge is 0.259 e. The second kappa shape index (κ2) is 6.80. The third kappa shape index (κ3) is 3.20. The molecule has 0 aliphatic carbocycles. The quantitative estimate of drug-likeness (QED) is 0.933. The van der Waals surface area contributed by atoms with Crippen LogP contribution in [-0.2, 0) is 0 Å². The number of aromatic nitrogens is 1. The summed E-state index contributed by atoms with van der Waals surface area (Å²) in [6.07, 6.45) is 1.19. The summed E-state index contributed by atoms with van der Waals surface area (Å²) in [5, 5.41) is 8.83. The Morgan fingerprint density at radius 3 is 2.83 bits per heavy atom. The fraction of sp³-hybridized carbons (Fsp3) is 0.312. The number of rotatable bonds is 4. The van der Waals surface area contributed by atoms with Crippen molar-refractivity contribution in [1.29, 1.82) is 5.26 Å². The summed E-state index contributed by atoms with van der Waals surface area (Å²) < 4.78 is 13.9. The highest BCUT2D eigenvalue weighted by Gasteiger charge is 2.21. The lowest BCUT2D eigenvalue weighted by Crippen LogP contribution is -2.37. The SMILES string of the molecule is CCN(CC(C)C#N)C(=O)c1c[nH]c2c(F)c(Cl)ccc2c1=O. The van der Waals surface area contributed by atoms with Crippen LogP contribution in [0.25, 0.3) is 10.9 Å². The second-order valence-corrected chi connectivity index (χ2v) is 5.60. The van der Waals surface area contributed by atoms with Crippen LogP contribution >= 0.6 is 11.6 Å². The Bertz CT molecular complexity index is 857. The number of nitriles is 1. The summed E-state index contributed by atoms with van der Waals surface area (Å²) in [6.45, 7) is 4.03. The minimum Gasteiger partial charge on any atom is -0.358 e. The van der Waals surface area contributed by atoms with Crippen molar-refractivity contribution >= 4 is 28.4 Å². The maximum Gasteiger partial charge on any atom is 0.259 e. The Balaban J connectivity index is 2.50. The number of H-pyrrole nitrogens is 1. The van der Waals surface area contributed by atoms with Gasteiger partial charge in [0.25, 0.3) is 5.91 Å². The first-order valence-electron chi connectivity index (χ1n) is 7.09. The Hall–Kier alpha value is -2.39. The van der Waals surface area contributed by atoms with Crippen LogP contribution < -0.4 is 5.43 Å². The number of benzene rings is 1. The first kappa shape index (κ1) is 17.0. The average molecular weight is 336 g/mol. The van der Waals surface area contributed by atoms with Gasteiger partial charge in [-0.2, -0.15) is 5.26 Å². The molecule has 23 heavy (non-hydrogen) atoms. The fourth-order valence-corrected chi connectivity index (χ4v) is 2.45. The van der Waals surface area contributed by atoms with Gasteiger partial charge >= 0.3 is 0 Å². The summed E-state index contributed by atoms with van der Waals surface area (Å²) in [4.78, 5) is 29.0. The average Bonchev–Trinajstić information content (AvgIpc) is 2.55. The topological polar surface area (TPSA) is 77.0 Å². The van der Waals surface area contributed by atoms with E-state index in [9.17, 15) is 14.0 Å². The molecule has 1 heterocycles. The highest BCUT2D eigenvalue weighted by molar-refractivity contribution is 6.31. The zero-order valence-corrected chi connectivity index (χ0v) is 13.4. The Morgan fingerprint density at radius 1 is 1.52 bits per heavy atom. The molecule has 0 fully saturated rings. The van der Waals surface area contributed by atoms with Crippen molar-refractivity contribution in [3.63, 3.8) is 0 Å². The standard InChI is InChI=1S/C16H15ClFN3O2/c1-3-21(8-9(2)6-19)16(23)11-7-20-14-10(15(11)22)4-5-12(17)13(14)18/h4-5,7,9H,3,8H2,1-2H3,(H,20,22). The Kier molecular flexibility index (Phi) is 5.02. The molecule has 1 unspecified atom stereocenters. The molecule has 120 valence electrons. The van der Waals surface area contributed by atoms with Gasteiger partial charge in [-0.05, 0) is 26.0 Å². The van der Waals surface area contributed by atoms with E-state index in [4.69, 9.17) is 16.9 Å². The Labute approximate surface area is 137 Å². The van der Waals surface area contributed by atoms with E-state index in [1.54, 1.807) is 13.8 Å². The molecule has 1 aromatic heterocycles.